The van der Waals surface area contributed by atoms with E-state index in [0.29, 0.717) is 0 Å². The molecule has 4 heteroatoms. The van der Waals surface area contributed by atoms with Gasteiger partial charge in [0.2, 0.25) is 0 Å². The Balaban J connectivity index is 2.82. The van der Waals surface area contributed by atoms with Gasteiger partial charge in [0.25, 0.3) is 0 Å². The minimum atomic E-state index is 0.801. The molecule has 2 heterocycles. The first-order valence-corrected chi connectivity index (χ1v) is 4.85. The third-order valence-corrected chi connectivity index (χ3v) is 2.38. The molecule has 0 bridgehead atoms. The van der Waals surface area contributed by atoms with Crippen molar-refractivity contribution in [2.24, 2.45) is 12.0 Å². The highest BCUT2D eigenvalue weighted by molar-refractivity contribution is 5.94. The number of hydrogen-bond donors (Lipinski definition) is 0. The number of hydrogen-bond acceptors (Lipinski definition) is 3. The molecule has 0 spiro atoms. The lowest BCUT2D eigenvalue weighted by atomic mass is 10.3. The average molecular weight is 212 g/mol. The number of rotatable bonds is 3. The molecule has 0 radical (unpaired) electrons. The van der Waals surface area contributed by atoms with Crippen LogP contribution in [0.4, 0.5) is 5.69 Å². The lowest BCUT2D eigenvalue weighted by Gasteiger charge is -1.97. The third-order valence-electron chi connectivity index (χ3n) is 2.38. The third kappa shape index (κ3) is 1.44. The van der Waals surface area contributed by atoms with Crippen LogP contribution in [0.15, 0.2) is 36.8 Å². The molecule has 4 nitrogen and oxygen atoms in total. The van der Waals surface area contributed by atoms with Crippen LogP contribution in [0.5, 0.6) is 0 Å². The van der Waals surface area contributed by atoms with Gasteiger partial charge in [-0.3, -0.25) is 4.99 Å². The molecule has 0 N–H and O–H groups in total. The molecule has 80 valence electrons. The maximum Gasteiger partial charge on any atom is 0.118 e. The second kappa shape index (κ2) is 4.10. The fourth-order valence-corrected chi connectivity index (χ4v) is 1.65. The molecule has 2 aromatic rings. The first-order valence-electron chi connectivity index (χ1n) is 4.85. The summed E-state index contributed by atoms with van der Waals surface area (Å²) in [6.45, 7) is 7.39. The second-order valence-electron chi connectivity index (χ2n) is 3.27. The van der Waals surface area contributed by atoms with Crippen molar-refractivity contribution in [2.75, 3.05) is 0 Å². The van der Waals surface area contributed by atoms with Gasteiger partial charge in [-0.15, -0.1) is 0 Å². The van der Waals surface area contributed by atoms with Crippen LogP contribution >= 0.6 is 0 Å². The van der Waals surface area contributed by atoms with Gasteiger partial charge < -0.3 is 4.57 Å². The van der Waals surface area contributed by atoms with E-state index >= 15 is 0 Å². The van der Waals surface area contributed by atoms with Crippen LogP contribution in [0.3, 0.4) is 0 Å². The minimum Gasteiger partial charge on any atom is -0.340 e. The highest BCUT2D eigenvalue weighted by Crippen LogP contribution is 2.31. The fourth-order valence-electron chi connectivity index (χ4n) is 1.65. The molecule has 0 saturated heterocycles. The molecule has 0 unspecified atom stereocenters. The Labute approximate surface area is 93.7 Å². The fraction of sp³-hybridized carbons (Fsp3) is 0.0833. The van der Waals surface area contributed by atoms with Gasteiger partial charge in [0, 0.05) is 13.3 Å². The van der Waals surface area contributed by atoms with Gasteiger partial charge in [0.05, 0.1) is 17.4 Å². The summed E-state index contributed by atoms with van der Waals surface area (Å²) in [5.41, 5.74) is 3.49. The van der Waals surface area contributed by atoms with Crippen molar-refractivity contribution < 1.29 is 0 Å². The van der Waals surface area contributed by atoms with E-state index in [9.17, 15) is 0 Å². The van der Waals surface area contributed by atoms with Crippen molar-refractivity contribution in [3.8, 4) is 0 Å². The number of aryl methyl sites for hydroxylation is 1. The number of nitrogens with zero attached hydrogens (tertiary/aromatic N) is 4. The van der Waals surface area contributed by atoms with Crippen molar-refractivity contribution in [2.45, 2.75) is 0 Å². The summed E-state index contributed by atoms with van der Waals surface area (Å²) in [7, 11) is 1.94. The number of aliphatic imine (C=N–C) groups is 1. The molecule has 0 fully saturated rings. The molecule has 0 aliphatic rings. The Kier molecular flexibility index (Phi) is 2.64. The van der Waals surface area contributed by atoms with E-state index in [2.05, 4.69) is 28.1 Å². The van der Waals surface area contributed by atoms with Crippen LogP contribution in [-0.2, 0) is 7.05 Å². The standard InChI is InChI=1S/C12H12N4/c1-4-6-14-11-9(5-2)16(3)10-7-13-8-15-12(10)11/h4-8H,1-2H2,3H3. The summed E-state index contributed by atoms with van der Waals surface area (Å²) in [6, 6.07) is 0. The van der Waals surface area contributed by atoms with E-state index in [1.165, 1.54) is 6.33 Å². The molecular formula is C12H12N4. The molecule has 16 heavy (non-hydrogen) atoms. The summed E-state index contributed by atoms with van der Waals surface area (Å²) in [6.07, 6.45) is 8.32. The molecule has 0 atom stereocenters. The van der Waals surface area contributed by atoms with Crippen LogP contribution in [0, 0.1) is 0 Å². The summed E-state index contributed by atoms with van der Waals surface area (Å²) in [5.74, 6) is 0. The monoisotopic (exact) mass is 212 g/mol. The lowest BCUT2D eigenvalue weighted by molar-refractivity contribution is 0.949. The summed E-state index contributed by atoms with van der Waals surface area (Å²) in [5, 5.41) is 0. The zero-order chi connectivity index (χ0) is 11.5. The van der Waals surface area contributed by atoms with Crippen molar-refractivity contribution in [3.05, 3.63) is 37.5 Å². The molecule has 2 aromatic heterocycles. The molecule has 2 rings (SSSR count). The predicted octanol–water partition coefficient (Wildman–Crippen LogP) is 2.50. The topological polar surface area (TPSA) is 43.1 Å². The molecule has 0 aliphatic heterocycles. The summed E-state index contributed by atoms with van der Waals surface area (Å²) in [4.78, 5) is 12.6. The molecule has 0 amide bonds. The quantitative estimate of drug-likeness (QED) is 0.733. The largest absolute Gasteiger partial charge is 0.340 e. The maximum atomic E-state index is 4.32. The van der Waals surface area contributed by atoms with Crippen LogP contribution in [-0.4, -0.2) is 20.7 Å². The van der Waals surface area contributed by atoms with Gasteiger partial charge in [0.15, 0.2) is 0 Å². The van der Waals surface area contributed by atoms with Crippen molar-refractivity contribution in [1.29, 1.82) is 0 Å². The Hall–Kier alpha value is -2.23. The Morgan fingerprint density at radius 1 is 1.44 bits per heavy atom. The van der Waals surface area contributed by atoms with Gasteiger partial charge in [-0.25, -0.2) is 9.97 Å². The second-order valence-corrected chi connectivity index (χ2v) is 3.27. The number of aromatic nitrogens is 3. The van der Waals surface area contributed by atoms with Gasteiger partial charge in [0.1, 0.15) is 17.5 Å². The van der Waals surface area contributed by atoms with Gasteiger partial charge in [-0.05, 0) is 6.08 Å². The summed E-state index contributed by atoms with van der Waals surface area (Å²) < 4.78 is 1.97. The van der Waals surface area contributed by atoms with Crippen LogP contribution < -0.4 is 0 Å². The van der Waals surface area contributed by atoms with Crippen molar-refractivity contribution in [3.63, 3.8) is 0 Å². The SMILES string of the molecule is C=CC=Nc1c(C=C)n(C)c2cncnc12. The minimum absolute atomic E-state index is 0.801. The average Bonchev–Trinajstić information content (AvgIpc) is 2.60. The first-order chi connectivity index (χ1) is 7.79. The summed E-state index contributed by atoms with van der Waals surface area (Å²) >= 11 is 0. The molecule has 0 saturated carbocycles. The van der Waals surface area contributed by atoms with Crippen molar-refractivity contribution in [1.82, 2.24) is 14.5 Å². The van der Waals surface area contributed by atoms with Gasteiger partial charge in [-0.1, -0.05) is 19.2 Å². The highest BCUT2D eigenvalue weighted by Gasteiger charge is 2.12. The zero-order valence-corrected chi connectivity index (χ0v) is 9.09. The molecular weight excluding hydrogens is 200 g/mol. The number of fused-ring (bicyclic) bond motifs is 1. The first kappa shape index (κ1) is 10.3. The van der Waals surface area contributed by atoms with E-state index < -0.39 is 0 Å². The van der Waals surface area contributed by atoms with E-state index in [0.717, 1.165) is 22.4 Å². The Morgan fingerprint density at radius 2 is 2.25 bits per heavy atom. The maximum absolute atomic E-state index is 4.32. The van der Waals surface area contributed by atoms with Crippen LogP contribution in [0.1, 0.15) is 5.69 Å². The van der Waals surface area contributed by atoms with Gasteiger partial charge >= 0.3 is 0 Å². The zero-order valence-electron chi connectivity index (χ0n) is 9.09. The highest BCUT2D eigenvalue weighted by atomic mass is 15.0. The van der Waals surface area contributed by atoms with Gasteiger partial charge in [-0.2, -0.15) is 0 Å². The van der Waals surface area contributed by atoms with Crippen LogP contribution in [0.25, 0.3) is 17.1 Å². The van der Waals surface area contributed by atoms with E-state index in [1.807, 2.05) is 11.6 Å². The predicted molar refractivity (Wildman–Crippen MR) is 66.9 cm³/mol. The van der Waals surface area contributed by atoms with E-state index in [4.69, 9.17) is 0 Å². The molecule has 0 aliphatic carbocycles. The van der Waals surface area contributed by atoms with E-state index in [1.54, 1.807) is 24.6 Å². The Bertz CT molecular complexity index is 578. The normalized spacial score (nSPS) is 11.1. The Morgan fingerprint density at radius 3 is 2.94 bits per heavy atom. The smallest absolute Gasteiger partial charge is 0.118 e. The van der Waals surface area contributed by atoms with Crippen LogP contribution in [0.2, 0.25) is 0 Å². The lowest BCUT2D eigenvalue weighted by Crippen LogP contribution is -1.90. The van der Waals surface area contributed by atoms with Crippen molar-refractivity contribution >= 4 is 29.0 Å². The number of allylic oxidation sites excluding steroid dienone is 1. The van der Waals surface area contributed by atoms with E-state index in [-0.39, 0.29) is 0 Å². The molecule has 0 aromatic carbocycles.